The van der Waals surface area contributed by atoms with E-state index in [1.807, 2.05) is 48.2 Å². The number of hydrogen-bond donors (Lipinski definition) is 1. The number of piperidine rings is 1. The van der Waals surface area contributed by atoms with Gasteiger partial charge in [-0.1, -0.05) is 24.3 Å². The molecule has 2 aliphatic rings. The van der Waals surface area contributed by atoms with E-state index in [-0.39, 0.29) is 11.9 Å². The third-order valence-electron chi connectivity index (χ3n) is 6.09. The number of hydrogen-bond acceptors (Lipinski definition) is 5. The number of carbonyl (C=O) groups is 1. The zero-order valence-corrected chi connectivity index (χ0v) is 17.8. The summed E-state index contributed by atoms with van der Waals surface area (Å²) in [6.07, 6.45) is 1.95. The number of benzene rings is 2. The van der Waals surface area contributed by atoms with Crippen molar-refractivity contribution in [3.05, 3.63) is 54.1 Å². The standard InChI is InChI=1S/C24H32N4O2/c1-2-30-23-10-6-5-9-22(23)27-15-17-28(18-16-27)24(29)20-7-3-4-8-21(20)26-13-11-19(25)12-14-26/h3-10,19H,2,11-18,25H2,1H3. The van der Waals surface area contributed by atoms with Crippen LogP contribution in [0.3, 0.4) is 0 Å². The molecule has 1 amide bonds. The largest absolute Gasteiger partial charge is 0.492 e. The number of nitrogens with two attached hydrogens (primary N) is 1. The van der Waals surface area contributed by atoms with Crippen molar-refractivity contribution in [3.8, 4) is 5.75 Å². The van der Waals surface area contributed by atoms with Gasteiger partial charge in [-0.25, -0.2) is 0 Å². The number of ether oxygens (including phenoxy) is 1. The maximum absolute atomic E-state index is 13.4. The molecule has 0 aromatic heterocycles. The SMILES string of the molecule is CCOc1ccccc1N1CCN(C(=O)c2ccccc2N2CCC(N)CC2)CC1. The maximum atomic E-state index is 13.4. The number of rotatable bonds is 5. The first-order chi connectivity index (χ1) is 14.7. The Morgan fingerprint density at radius 3 is 2.20 bits per heavy atom. The van der Waals surface area contributed by atoms with E-state index >= 15 is 0 Å². The number of carbonyl (C=O) groups excluding carboxylic acids is 1. The van der Waals surface area contributed by atoms with Crippen LogP contribution in [-0.2, 0) is 0 Å². The minimum atomic E-state index is 0.123. The van der Waals surface area contributed by atoms with Crippen LogP contribution < -0.4 is 20.3 Å². The van der Waals surface area contributed by atoms with Crippen LogP contribution in [0.25, 0.3) is 0 Å². The molecule has 2 heterocycles. The predicted molar refractivity (Wildman–Crippen MR) is 122 cm³/mol. The Hall–Kier alpha value is -2.73. The summed E-state index contributed by atoms with van der Waals surface area (Å²) in [4.78, 5) is 20.0. The Bertz CT molecular complexity index is 856. The van der Waals surface area contributed by atoms with Crippen molar-refractivity contribution in [3.63, 3.8) is 0 Å². The fourth-order valence-electron chi connectivity index (χ4n) is 4.39. The number of amides is 1. The Balaban J connectivity index is 1.44. The summed E-state index contributed by atoms with van der Waals surface area (Å²) >= 11 is 0. The Labute approximate surface area is 179 Å². The minimum absolute atomic E-state index is 0.123. The summed E-state index contributed by atoms with van der Waals surface area (Å²) in [7, 11) is 0. The number of nitrogens with zero attached hydrogens (tertiary/aromatic N) is 3. The Kier molecular flexibility index (Phi) is 6.43. The van der Waals surface area contributed by atoms with Crippen LogP contribution in [0.5, 0.6) is 5.75 Å². The van der Waals surface area contributed by atoms with Crippen molar-refractivity contribution in [2.24, 2.45) is 5.73 Å². The lowest BCUT2D eigenvalue weighted by Gasteiger charge is -2.38. The van der Waals surface area contributed by atoms with Gasteiger partial charge in [0.15, 0.2) is 0 Å². The van der Waals surface area contributed by atoms with Crippen molar-refractivity contribution in [2.75, 3.05) is 55.7 Å². The number of para-hydroxylation sites is 3. The molecule has 2 aliphatic heterocycles. The van der Waals surface area contributed by atoms with Crippen LogP contribution in [-0.4, -0.2) is 62.7 Å². The number of anilines is 2. The van der Waals surface area contributed by atoms with E-state index in [0.29, 0.717) is 19.7 Å². The number of piperazine rings is 1. The van der Waals surface area contributed by atoms with E-state index in [0.717, 1.165) is 61.7 Å². The molecule has 0 unspecified atom stereocenters. The second-order valence-corrected chi connectivity index (χ2v) is 8.02. The van der Waals surface area contributed by atoms with Gasteiger partial charge in [0, 0.05) is 51.0 Å². The van der Waals surface area contributed by atoms with Gasteiger partial charge in [-0.05, 0) is 44.0 Å². The van der Waals surface area contributed by atoms with Gasteiger partial charge >= 0.3 is 0 Å². The van der Waals surface area contributed by atoms with Crippen molar-refractivity contribution >= 4 is 17.3 Å². The normalized spacial score (nSPS) is 17.9. The van der Waals surface area contributed by atoms with Gasteiger partial charge in [-0.3, -0.25) is 4.79 Å². The first kappa shape index (κ1) is 20.5. The van der Waals surface area contributed by atoms with E-state index in [2.05, 4.69) is 21.9 Å². The molecule has 160 valence electrons. The Morgan fingerprint density at radius 2 is 1.50 bits per heavy atom. The van der Waals surface area contributed by atoms with Crippen molar-refractivity contribution in [2.45, 2.75) is 25.8 Å². The highest BCUT2D eigenvalue weighted by Gasteiger charge is 2.27. The smallest absolute Gasteiger partial charge is 0.256 e. The van der Waals surface area contributed by atoms with Gasteiger partial charge < -0.3 is 25.2 Å². The molecular formula is C24H32N4O2. The molecule has 0 atom stereocenters. The summed E-state index contributed by atoms with van der Waals surface area (Å²) in [6.45, 7) is 7.49. The molecule has 4 rings (SSSR count). The van der Waals surface area contributed by atoms with Crippen molar-refractivity contribution in [1.29, 1.82) is 0 Å². The average molecular weight is 409 g/mol. The van der Waals surface area contributed by atoms with Crippen LogP contribution in [0.4, 0.5) is 11.4 Å². The summed E-state index contributed by atoms with van der Waals surface area (Å²) < 4.78 is 5.79. The fourth-order valence-corrected chi connectivity index (χ4v) is 4.39. The van der Waals surface area contributed by atoms with Crippen LogP contribution in [0.1, 0.15) is 30.1 Å². The van der Waals surface area contributed by atoms with E-state index in [1.54, 1.807) is 0 Å². The van der Waals surface area contributed by atoms with Crippen LogP contribution in [0.2, 0.25) is 0 Å². The zero-order chi connectivity index (χ0) is 20.9. The van der Waals surface area contributed by atoms with E-state index in [9.17, 15) is 4.79 Å². The lowest BCUT2D eigenvalue weighted by Crippen LogP contribution is -2.49. The molecule has 0 bridgehead atoms. The lowest BCUT2D eigenvalue weighted by atomic mass is 10.0. The molecule has 2 fully saturated rings. The summed E-state index contributed by atoms with van der Waals surface area (Å²) in [5, 5.41) is 0. The minimum Gasteiger partial charge on any atom is -0.492 e. The second-order valence-electron chi connectivity index (χ2n) is 8.02. The average Bonchev–Trinajstić information content (AvgIpc) is 2.80. The summed E-state index contributed by atoms with van der Waals surface area (Å²) in [5.41, 5.74) is 9.02. The van der Waals surface area contributed by atoms with Gasteiger partial charge in [0.2, 0.25) is 0 Å². The molecule has 2 aromatic carbocycles. The van der Waals surface area contributed by atoms with Gasteiger partial charge in [-0.2, -0.15) is 0 Å². The highest BCUT2D eigenvalue weighted by Crippen LogP contribution is 2.30. The monoisotopic (exact) mass is 408 g/mol. The quantitative estimate of drug-likeness (QED) is 0.824. The molecule has 0 radical (unpaired) electrons. The molecule has 2 saturated heterocycles. The Morgan fingerprint density at radius 1 is 0.900 bits per heavy atom. The molecule has 30 heavy (non-hydrogen) atoms. The van der Waals surface area contributed by atoms with E-state index in [1.165, 1.54) is 0 Å². The predicted octanol–water partition coefficient (Wildman–Crippen LogP) is 2.98. The van der Waals surface area contributed by atoms with Gasteiger partial charge in [0.1, 0.15) is 5.75 Å². The molecule has 2 aromatic rings. The zero-order valence-electron chi connectivity index (χ0n) is 17.8. The lowest BCUT2D eigenvalue weighted by molar-refractivity contribution is 0.0747. The van der Waals surface area contributed by atoms with Gasteiger partial charge in [0.25, 0.3) is 5.91 Å². The highest BCUT2D eigenvalue weighted by molar-refractivity contribution is 6.00. The summed E-state index contributed by atoms with van der Waals surface area (Å²) in [6, 6.07) is 16.4. The molecular weight excluding hydrogens is 376 g/mol. The topological polar surface area (TPSA) is 62.0 Å². The fraction of sp³-hybridized carbons (Fsp3) is 0.458. The first-order valence-corrected chi connectivity index (χ1v) is 11.0. The third-order valence-corrected chi connectivity index (χ3v) is 6.09. The van der Waals surface area contributed by atoms with Crippen LogP contribution in [0, 0.1) is 0 Å². The van der Waals surface area contributed by atoms with Crippen LogP contribution in [0.15, 0.2) is 48.5 Å². The van der Waals surface area contributed by atoms with Crippen LogP contribution >= 0.6 is 0 Å². The van der Waals surface area contributed by atoms with Gasteiger partial charge in [-0.15, -0.1) is 0 Å². The second kappa shape index (κ2) is 9.39. The molecule has 6 nitrogen and oxygen atoms in total. The van der Waals surface area contributed by atoms with Gasteiger partial charge in [0.05, 0.1) is 17.9 Å². The molecule has 0 saturated carbocycles. The van der Waals surface area contributed by atoms with Crippen molar-refractivity contribution < 1.29 is 9.53 Å². The third kappa shape index (κ3) is 4.38. The molecule has 6 heteroatoms. The maximum Gasteiger partial charge on any atom is 0.256 e. The first-order valence-electron chi connectivity index (χ1n) is 11.0. The van der Waals surface area contributed by atoms with E-state index in [4.69, 9.17) is 10.5 Å². The molecule has 0 spiro atoms. The highest BCUT2D eigenvalue weighted by atomic mass is 16.5. The molecule has 0 aliphatic carbocycles. The summed E-state index contributed by atoms with van der Waals surface area (Å²) in [5.74, 6) is 1.03. The molecule has 2 N–H and O–H groups in total. The van der Waals surface area contributed by atoms with Crippen molar-refractivity contribution in [1.82, 2.24) is 4.90 Å². The van der Waals surface area contributed by atoms with E-state index < -0.39 is 0 Å².